The predicted molar refractivity (Wildman–Crippen MR) is 102 cm³/mol. The van der Waals surface area contributed by atoms with Crippen LogP contribution in [0.3, 0.4) is 0 Å². The minimum atomic E-state index is -3.71. The van der Waals surface area contributed by atoms with Crippen LogP contribution in [0.4, 0.5) is 0 Å². The molecule has 0 aromatic heterocycles. The van der Waals surface area contributed by atoms with Gasteiger partial charge in [0, 0.05) is 25.2 Å². The first-order valence-electron chi connectivity index (χ1n) is 8.58. The SMILES string of the molecule is C=CCN(CCc1ccccc1)S(=O)(=O)c1ccc2c(c1)C(=O)NCC2. The van der Waals surface area contributed by atoms with Crippen LogP contribution in [0.15, 0.2) is 66.1 Å². The Bertz CT molecular complexity index is 908. The van der Waals surface area contributed by atoms with Crippen molar-refractivity contribution in [3.8, 4) is 0 Å². The molecule has 1 aliphatic heterocycles. The van der Waals surface area contributed by atoms with Crippen LogP contribution in [-0.2, 0) is 22.9 Å². The molecule has 0 radical (unpaired) electrons. The number of carbonyl (C=O) groups is 1. The summed E-state index contributed by atoms with van der Waals surface area (Å²) >= 11 is 0. The molecule has 1 N–H and O–H groups in total. The molecule has 0 spiro atoms. The molecule has 2 aromatic carbocycles. The monoisotopic (exact) mass is 370 g/mol. The van der Waals surface area contributed by atoms with Crippen molar-refractivity contribution in [1.29, 1.82) is 0 Å². The third-order valence-electron chi connectivity index (χ3n) is 4.47. The van der Waals surface area contributed by atoms with E-state index in [1.54, 1.807) is 18.2 Å². The van der Waals surface area contributed by atoms with Crippen molar-refractivity contribution >= 4 is 15.9 Å². The van der Waals surface area contributed by atoms with Gasteiger partial charge < -0.3 is 5.32 Å². The van der Waals surface area contributed by atoms with Crippen LogP contribution in [0.2, 0.25) is 0 Å². The molecule has 26 heavy (non-hydrogen) atoms. The maximum Gasteiger partial charge on any atom is 0.251 e. The highest BCUT2D eigenvalue weighted by atomic mass is 32.2. The van der Waals surface area contributed by atoms with Gasteiger partial charge in [-0.3, -0.25) is 4.79 Å². The molecule has 1 amide bonds. The summed E-state index contributed by atoms with van der Waals surface area (Å²) in [6, 6.07) is 14.6. The second-order valence-corrected chi connectivity index (χ2v) is 8.15. The van der Waals surface area contributed by atoms with Gasteiger partial charge in [0.1, 0.15) is 0 Å². The molecule has 136 valence electrons. The summed E-state index contributed by atoms with van der Waals surface area (Å²) in [5.74, 6) is -0.220. The van der Waals surface area contributed by atoms with Crippen molar-refractivity contribution < 1.29 is 13.2 Å². The first-order valence-corrected chi connectivity index (χ1v) is 10.0. The van der Waals surface area contributed by atoms with E-state index in [0.29, 0.717) is 31.5 Å². The summed E-state index contributed by atoms with van der Waals surface area (Å²) in [6.45, 7) is 4.83. The van der Waals surface area contributed by atoms with Crippen molar-refractivity contribution in [1.82, 2.24) is 9.62 Å². The van der Waals surface area contributed by atoms with E-state index >= 15 is 0 Å². The zero-order valence-corrected chi connectivity index (χ0v) is 15.3. The fourth-order valence-electron chi connectivity index (χ4n) is 3.05. The van der Waals surface area contributed by atoms with Gasteiger partial charge in [-0.25, -0.2) is 8.42 Å². The molecule has 1 aliphatic rings. The summed E-state index contributed by atoms with van der Waals surface area (Å²) in [5.41, 5.74) is 2.40. The summed E-state index contributed by atoms with van der Waals surface area (Å²) in [5, 5.41) is 2.75. The molecule has 0 fully saturated rings. The number of hydrogen-bond donors (Lipinski definition) is 1. The number of sulfonamides is 1. The van der Waals surface area contributed by atoms with Crippen molar-refractivity contribution in [2.24, 2.45) is 0 Å². The predicted octanol–water partition coefficient (Wildman–Crippen LogP) is 2.39. The van der Waals surface area contributed by atoms with Crippen LogP contribution in [0.5, 0.6) is 0 Å². The van der Waals surface area contributed by atoms with Gasteiger partial charge in [0.05, 0.1) is 4.90 Å². The van der Waals surface area contributed by atoms with Gasteiger partial charge in [0.15, 0.2) is 0 Å². The molecule has 5 nitrogen and oxygen atoms in total. The van der Waals surface area contributed by atoms with Gasteiger partial charge >= 0.3 is 0 Å². The number of carbonyl (C=O) groups excluding carboxylic acids is 1. The summed E-state index contributed by atoms with van der Waals surface area (Å²) in [4.78, 5) is 12.2. The Labute approximate surface area is 154 Å². The van der Waals surface area contributed by atoms with Gasteiger partial charge in [-0.2, -0.15) is 4.31 Å². The van der Waals surface area contributed by atoms with E-state index in [4.69, 9.17) is 0 Å². The van der Waals surface area contributed by atoms with E-state index in [-0.39, 0.29) is 17.3 Å². The van der Waals surface area contributed by atoms with Crippen LogP contribution in [-0.4, -0.2) is 38.3 Å². The number of nitrogens with zero attached hydrogens (tertiary/aromatic N) is 1. The molecular formula is C20H22N2O3S. The smallest absolute Gasteiger partial charge is 0.251 e. The van der Waals surface area contributed by atoms with Gasteiger partial charge in [0.2, 0.25) is 10.0 Å². The number of benzene rings is 2. The van der Waals surface area contributed by atoms with Crippen LogP contribution < -0.4 is 5.32 Å². The summed E-state index contributed by atoms with van der Waals surface area (Å²) in [6.07, 6.45) is 2.90. The molecule has 0 bridgehead atoms. The van der Waals surface area contributed by atoms with Gasteiger partial charge in [0.25, 0.3) is 5.91 Å². The van der Waals surface area contributed by atoms with Gasteiger partial charge in [-0.1, -0.05) is 42.5 Å². The maximum absolute atomic E-state index is 13.1. The normalized spacial score (nSPS) is 14.0. The lowest BCUT2D eigenvalue weighted by atomic mass is 10.0. The van der Waals surface area contributed by atoms with Crippen molar-refractivity contribution in [2.45, 2.75) is 17.7 Å². The topological polar surface area (TPSA) is 66.5 Å². The molecule has 2 aromatic rings. The van der Waals surface area contributed by atoms with E-state index in [2.05, 4.69) is 11.9 Å². The van der Waals surface area contributed by atoms with Crippen LogP contribution in [0.1, 0.15) is 21.5 Å². The van der Waals surface area contributed by atoms with Crippen molar-refractivity contribution in [2.75, 3.05) is 19.6 Å². The summed E-state index contributed by atoms with van der Waals surface area (Å²) < 4.78 is 27.6. The molecule has 0 saturated carbocycles. The highest BCUT2D eigenvalue weighted by Gasteiger charge is 2.26. The Morgan fingerprint density at radius 3 is 2.65 bits per heavy atom. The Morgan fingerprint density at radius 2 is 1.92 bits per heavy atom. The molecule has 6 heteroatoms. The molecule has 0 aliphatic carbocycles. The first kappa shape index (κ1) is 18.4. The molecule has 3 rings (SSSR count). The fourth-order valence-corrected chi connectivity index (χ4v) is 4.49. The molecular weight excluding hydrogens is 348 g/mol. The standard InChI is InChI=1S/C20H22N2O3S/c1-2-13-22(14-11-16-6-4-3-5-7-16)26(24,25)18-9-8-17-10-12-21-20(23)19(17)15-18/h2-9,15H,1,10-14H2,(H,21,23). The lowest BCUT2D eigenvalue weighted by Gasteiger charge is -2.22. The molecule has 0 saturated heterocycles. The number of amides is 1. The quantitative estimate of drug-likeness (QED) is 0.761. The van der Waals surface area contributed by atoms with E-state index < -0.39 is 10.0 Å². The lowest BCUT2D eigenvalue weighted by molar-refractivity contribution is 0.0945. The molecule has 1 heterocycles. The van der Waals surface area contributed by atoms with Gasteiger partial charge in [-0.05, 0) is 36.1 Å². The number of rotatable bonds is 7. The van der Waals surface area contributed by atoms with E-state index in [0.717, 1.165) is 11.1 Å². The van der Waals surface area contributed by atoms with E-state index in [1.807, 2.05) is 30.3 Å². The second-order valence-electron chi connectivity index (χ2n) is 6.21. The van der Waals surface area contributed by atoms with Crippen LogP contribution in [0, 0.1) is 0 Å². The van der Waals surface area contributed by atoms with E-state index in [1.165, 1.54) is 10.4 Å². The Kier molecular flexibility index (Phi) is 5.54. The average Bonchev–Trinajstić information content (AvgIpc) is 2.66. The fraction of sp³-hybridized carbons (Fsp3) is 0.250. The molecule has 0 unspecified atom stereocenters. The minimum absolute atomic E-state index is 0.142. The first-order chi connectivity index (χ1) is 12.5. The highest BCUT2D eigenvalue weighted by molar-refractivity contribution is 7.89. The third kappa shape index (κ3) is 3.86. The van der Waals surface area contributed by atoms with Crippen LogP contribution in [0.25, 0.3) is 0 Å². The van der Waals surface area contributed by atoms with E-state index in [9.17, 15) is 13.2 Å². The van der Waals surface area contributed by atoms with Crippen molar-refractivity contribution in [3.05, 3.63) is 77.9 Å². The summed E-state index contributed by atoms with van der Waals surface area (Å²) in [7, 11) is -3.71. The number of fused-ring (bicyclic) bond motifs is 1. The zero-order valence-electron chi connectivity index (χ0n) is 14.5. The Balaban J connectivity index is 1.87. The lowest BCUT2D eigenvalue weighted by Crippen LogP contribution is -2.35. The number of hydrogen-bond acceptors (Lipinski definition) is 3. The third-order valence-corrected chi connectivity index (χ3v) is 6.33. The average molecular weight is 370 g/mol. The van der Waals surface area contributed by atoms with Gasteiger partial charge in [-0.15, -0.1) is 6.58 Å². The van der Waals surface area contributed by atoms with Crippen molar-refractivity contribution in [3.63, 3.8) is 0 Å². The molecule has 0 atom stereocenters. The second kappa shape index (κ2) is 7.85. The highest BCUT2D eigenvalue weighted by Crippen LogP contribution is 2.22. The Morgan fingerprint density at radius 1 is 1.15 bits per heavy atom. The van der Waals surface area contributed by atoms with Crippen LogP contribution >= 0.6 is 0 Å². The zero-order chi connectivity index (χ0) is 18.6. The maximum atomic E-state index is 13.1. The largest absolute Gasteiger partial charge is 0.352 e. The Hall–Kier alpha value is -2.44. The number of nitrogens with one attached hydrogen (secondary N) is 1. The minimum Gasteiger partial charge on any atom is -0.352 e.